The second-order valence-electron chi connectivity index (χ2n) is 18.3. The van der Waals surface area contributed by atoms with Gasteiger partial charge in [0.1, 0.15) is 6.61 Å². The van der Waals surface area contributed by atoms with Gasteiger partial charge in [-0.3, -0.25) is 4.79 Å². The van der Waals surface area contributed by atoms with Gasteiger partial charge in [0.25, 0.3) is 0 Å². The maximum absolute atomic E-state index is 11.9. The number of hydrogen-bond acceptors (Lipinski definition) is 12. The van der Waals surface area contributed by atoms with Gasteiger partial charge >= 0.3 is 5.97 Å². The van der Waals surface area contributed by atoms with E-state index in [2.05, 4.69) is 13.8 Å². The summed E-state index contributed by atoms with van der Waals surface area (Å²) in [6.07, 6.45) is 42.4. The van der Waals surface area contributed by atoms with E-state index in [0.29, 0.717) is 139 Å². The number of hydrogen-bond donors (Lipinski definition) is 0. The highest BCUT2D eigenvalue weighted by Crippen LogP contribution is 2.15. The van der Waals surface area contributed by atoms with Gasteiger partial charge in [0.05, 0.1) is 126 Å². The molecule has 0 aromatic carbocycles. The zero-order valence-corrected chi connectivity index (χ0v) is 44.9. The zero-order chi connectivity index (χ0) is 48.8. The van der Waals surface area contributed by atoms with Gasteiger partial charge in [-0.1, -0.05) is 200 Å². The molecular weight excluding hydrogens is 865 g/mol. The molecule has 0 heterocycles. The highest BCUT2D eigenvalue weighted by atomic mass is 16.6. The van der Waals surface area contributed by atoms with Gasteiger partial charge in [0, 0.05) is 13.0 Å². The summed E-state index contributed by atoms with van der Waals surface area (Å²) in [6, 6.07) is 0. The van der Waals surface area contributed by atoms with Crippen molar-refractivity contribution in [2.45, 2.75) is 219 Å². The van der Waals surface area contributed by atoms with Crippen molar-refractivity contribution in [1.82, 2.24) is 0 Å². The predicted octanol–water partition coefficient (Wildman–Crippen LogP) is 13.2. The third-order valence-corrected chi connectivity index (χ3v) is 12.0. The highest BCUT2D eigenvalue weighted by molar-refractivity contribution is 5.69. The standard InChI is InChI=1S/C56H112O12/c1-3-5-7-9-11-13-15-17-19-21-23-25-27-29-31-33-35-58-36-37-59-38-39-60-40-41-61-42-43-62-44-45-63-46-47-64-48-49-65-50-51-66-52-53-67-54-55-68-56(57)34-32-30-28-26-24-22-20-18-16-14-12-10-8-6-4-2/h3-55H2,1-2H3. The van der Waals surface area contributed by atoms with Crippen molar-refractivity contribution in [2.75, 3.05) is 139 Å². The number of esters is 1. The van der Waals surface area contributed by atoms with Crippen LogP contribution < -0.4 is 0 Å². The van der Waals surface area contributed by atoms with E-state index in [1.165, 1.54) is 180 Å². The first-order chi connectivity index (χ1) is 33.8. The van der Waals surface area contributed by atoms with Gasteiger partial charge in [0.15, 0.2) is 0 Å². The van der Waals surface area contributed by atoms with Crippen LogP contribution in [0.4, 0.5) is 0 Å². The highest BCUT2D eigenvalue weighted by Gasteiger charge is 2.04. The van der Waals surface area contributed by atoms with Gasteiger partial charge in [-0.2, -0.15) is 0 Å². The van der Waals surface area contributed by atoms with E-state index in [4.69, 9.17) is 52.1 Å². The monoisotopic (exact) mass is 977 g/mol. The number of rotatable bonds is 63. The normalized spacial score (nSPS) is 11.6. The van der Waals surface area contributed by atoms with Crippen molar-refractivity contribution < 1.29 is 56.9 Å². The molecule has 0 amide bonds. The second kappa shape index (κ2) is 64.1. The number of carbonyl (C=O) groups is 1. The summed E-state index contributed by atoms with van der Waals surface area (Å²) >= 11 is 0. The molecule has 0 aliphatic carbocycles. The van der Waals surface area contributed by atoms with Crippen molar-refractivity contribution in [3.05, 3.63) is 0 Å². The van der Waals surface area contributed by atoms with Crippen LogP contribution in [0.25, 0.3) is 0 Å². The van der Waals surface area contributed by atoms with E-state index >= 15 is 0 Å². The van der Waals surface area contributed by atoms with Crippen LogP contribution in [0.3, 0.4) is 0 Å². The quantitative estimate of drug-likeness (QED) is 0.0426. The van der Waals surface area contributed by atoms with Crippen molar-refractivity contribution in [1.29, 1.82) is 0 Å². The van der Waals surface area contributed by atoms with E-state index in [0.717, 1.165) is 25.9 Å². The van der Waals surface area contributed by atoms with Gasteiger partial charge in [-0.15, -0.1) is 0 Å². The van der Waals surface area contributed by atoms with Gasteiger partial charge < -0.3 is 52.1 Å². The SMILES string of the molecule is CCCCCCCCCCCCCCCCCCOCCOCCOCCOCCOCCOCCOCCOCCOCCOCCOC(=O)CCCCCCCCCCCCCCCCC. The summed E-state index contributed by atoms with van der Waals surface area (Å²) in [7, 11) is 0. The summed E-state index contributed by atoms with van der Waals surface area (Å²) in [6.45, 7) is 15.6. The fourth-order valence-corrected chi connectivity index (χ4v) is 7.76. The van der Waals surface area contributed by atoms with E-state index in [9.17, 15) is 4.79 Å². The minimum absolute atomic E-state index is 0.127. The first kappa shape index (κ1) is 67.1. The number of carbonyl (C=O) groups excluding carboxylic acids is 1. The van der Waals surface area contributed by atoms with Crippen LogP contribution in [-0.2, 0) is 56.9 Å². The van der Waals surface area contributed by atoms with E-state index in [1.54, 1.807) is 0 Å². The molecule has 0 aliphatic rings. The van der Waals surface area contributed by atoms with Crippen LogP contribution in [0.2, 0.25) is 0 Å². The Labute approximate surface area is 419 Å². The summed E-state index contributed by atoms with van der Waals surface area (Å²) in [4.78, 5) is 11.9. The molecule has 0 bridgehead atoms. The molecule has 12 heteroatoms. The number of unbranched alkanes of at least 4 members (excludes halogenated alkanes) is 29. The van der Waals surface area contributed by atoms with Crippen molar-refractivity contribution in [3.63, 3.8) is 0 Å². The Hall–Kier alpha value is -0.930. The first-order valence-corrected chi connectivity index (χ1v) is 28.7. The number of ether oxygens (including phenoxy) is 11. The Morgan fingerprint density at radius 2 is 0.382 bits per heavy atom. The molecule has 0 atom stereocenters. The largest absolute Gasteiger partial charge is 0.463 e. The molecule has 408 valence electrons. The molecule has 0 aliphatic heterocycles. The maximum Gasteiger partial charge on any atom is 0.305 e. The lowest BCUT2D eigenvalue weighted by Crippen LogP contribution is -2.15. The third-order valence-electron chi connectivity index (χ3n) is 12.0. The molecule has 68 heavy (non-hydrogen) atoms. The zero-order valence-electron chi connectivity index (χ0n) is 44.9. The van der Waals surface area contributed by atoms with Gasteiger partial charge in [-0.25, -0.2) is 0 Å². The van der Waals surface area contributed by atoms with Crippen LogP contribution >= 0.6 is 0 Å². The van der Waals surface area contributed by atoms with Crippen molar-refractivity contribution >= 4 is 5.97 Å². The lowest BCUT2D eigenvalue weighted by Gasteiger charge is -2.09. The van der Waals surface area contributed by atoms with E-state index in [1.807, 2.05) is 0 Å². The molecule has 0 saturated heterocycles. The van der Waals surface area contributed by atoms with Crippen LogP contribution in [0.5, 0.6) is 0 Å². The molecule has 0 radical (unpaired) electrons. The Balaban J connectivity index is 3.12. The fraction of sp³-hybridized carbons (Fsp3) is 0.982. The molecule has 0 fully saturated rings. The average molecular weight is 977 g/mol. The molecule has 0 saturated carbocycles. The molecule has 0 unspecified atom stereocenters. The molecule has 12 nitrogen and oxygen atoms in total. The van der Waals surface area contributed by atoms with Crippen LogP contribution in [0.1, 0.15) is 219 Å². The molecular formula is C56H112O12. The average Bonchev–Trinajstić information content (AvgIpc) is 3.35. The van der Waals surface area contributed by atoms with Crippen LogP contribution in [-0.4, -0.2) is 145 Å². The Bertz CT molecular complexity index is 900. The lowest BCUT2D eigenvalue weighted by atomic mass is 10.0. The summed E-state index contributed by atoms with van der Waals surface area (Å²) in [5, 5.41) is 0. The van der Waals surface area contributed by atoms with Crippen LogP contribution in [0, 0.1) is 0 Å². The van der Waals surface area contributed by atoms with E-state index < -0.39 is 0 Å². The second-order valence-corrected chi connectivity index (χ2v) is 18.3. The molecule has 0 spiro atoms. The predicted molar refractivity (Wildman–Crippen MR) is 278 cm³/mol. The summed E-state index contributed by atoms with van der Waals surface area (Å²) in [5.41, 5.74) is 0. The summed E-state index contributed by atoms with van der Waals surface area (Å²) < 4.78 is 60.9. The molecule has 0 aromatic heterocycles. The molecule has 0 aromatic rings. The Morgan fingerprint density at radius 1 is 0.206 bits per heavy atom. The Morgan fingerprint density at radius 3 is 0.618 bits per heavy atom. The molecule has 0 rings (SSSR count). The Kier molecular flexibility index (Phi) is 63.2. The minimum atomic E-state index is -0.127. The summed E-state index contributed by atoms with van der Waals surface area (Å²) in [5.74, 6) is -0.127. The maximum atomic E-state index is 11.9. The topological polar surface area (TPSA) is 119 Å². The van der Waals surface area contributed by atoms with Gasteiger partial charge in [-0.05, 0) is 12.8 Å². The fourth-order valence-electron chi connectivity index (χ4n) is 7.76. The third kappa shape index (κ3) is 63.1. The smallest absolute Gasteiger partial charge is 0.305 e. The molecule has 0 N–H and O–H groups in total. The lowest BCUT2D eigenvalue weighted by molar-refractivity contribution is -0.145. The van der Waals surface area contributed by atoms with Crippen LogP contribution in [0.15, 0.2) is 0 Å². The van der Waals surface area contributed by atoms with Crippen molar-refractivity contribution in [2.24, 2.45) is 0 Å². The van der Waals surface area contributed by atoms with Crippen molar-refractivity contribution in [3.8, 4) is 0 Å². The van der Waals surface area contributed by atoms with Gasteiger partial charge in [0.2, 0.25) is 0 Å². The van der Waals surface area contributed by atoms with E-state index in [-0.39, 0.29) is 5.97 Å². The minimum Gasteiger partial charge on any atom is -0.463 e. The first-order valence-electron chi connectivity index (χ1n) is 28.7.